The number of hydrogen-bond acceptors (Lipinski definition) is 6. The molecule has 0 bridgehead atoms. The highest BCUT2D eigenvalue weighted by molar-refractivity contribution is 5.80. The standard InChI is InChI=1S/C12H16N2O4/c1-15-10-3-2-9(7-14-13)6-11(10)18-8-12-16-4-5-17-12/h2-3,6-7,12H,4-5,8,13H2,1H3. The molecule has 6 heteroatoms. The van der Waals surface area contributed by atoms with Crippen molar-refractivity contribution in [2.45, 2.75) is 6.29 Å². The molecule has 0 spiro atoms. The molecule has 2 rings (SSSR count). The second-order valence-electron chi connectivity index (χ2n) is 3.67. The molecule has 2 N–H and O–H groups in total. The van der Waals surface area contributed by atoms with E-state index in [2.05, 4.69) is 5.10 Å². The second kappa shape index (κ2) is 6.23. The molecule has 1 aliphatic heterocycles. The van der Waals surface area contributed by atoms with Gasteiger partial charge in [-0.3, -0.25) is 0 Å². The summed E-state index contributed by atoms with van der Waals surface area (Å²) in [6.07, 6.45) is 1.22. The SMILES string of the molecule is COc1ccc(C=NN)cc1OCC1OCCO1. The van der Waals surface area contributed by atoms with Gasteiger partial charge in [0.2, 0.25) is 0 Å². The van der Waals surface area contributed by atoms with Crippen LogP contribution in [0.1, 0.15) is 5.56 Å². The van der Waals surface area contributed by atoms with Crippen molar-refractivity contribution in [3.63, 3.8) is 0 Å². The van der Waals surface area contributed by atoms with Gasteiger partial charge < -0.3 is 24.8 Å². The van der Waals surface area contributed by atoms with E-state index in [1.165, 1.54) is 6.21 Å². The van der Waals surface area contributed by atoms with Crippen LogP contribution in [0.4, 0.5) is 0 Å². The summed E-state index contributed by atoms with van der Waals surface area (Å²) in [5.41, 5.74) is 0.835. The number of nitrogens with two attached hydrogens (primary N) is 1. The fourth-order valence-corrected chi connectivity index (χ4v) is 1.63. The molecular formula is C12H16N2O4. The first-order valence-electron chi connectivity index (χ1n) is 5.61. The van der Waals surface area contributed by atoms with Crippen LogP contribution in [0.5, 0.6) is 11.5 Å². The molecule has 0 saturated carbocycles. The summed E-state index contributed by atoms with van der Waals surface area (Å²) in [5.74, 6) is 6.36. The molecule has 0 aliphatic carbocycles. The van der Waals surface area contributed by atoms with Gasteiger partial charge in [-0.05, 0) is 23.8 Å². The maximum Gasteiger partial charge on any atom is 0.191 e. The third kappa shape index (κ3) is 3.12. The van der Waals surface area contributed by atoms with Crippen molar-refractivity contribution in [2.24, 2.45) is 10.9 Å². The lowest BCUT2D eigenvalue weighted by atomic mass is 10.2. The van der Waals surface area contributed by atoms with Gasteiger partial charge >= 0.3 is 0 Å². The van der Waals surface area contributed by atoms with Crippen LogP contribution in [0.15, 0.2) is 23.3 Å². The van der Waals surface area contributed by atoms with Crippen molar-refractivity contribution in [1.29, 1.82) is 0 Å². The van der Waals surface area contributed by atoms with Gasteiger partial charge in [0.1, 0.15) is 6.61 Å². The van der Waals surface area contributed by atoms with Gasteiger partial charge in [0, 0.05) is 0 Å². The molecule has 6 nitrogen and oxygen atoms in total. The Labute approximate surface area is 105 Å². The van der Waals surface area contributed by atoms with Crippen LogP contribution < -0.4 is 15.3 Å². The fraction of sp³-hybridized carbons (Fsp3) is 0.417. The average molecular weight is 252 g/mol. The highest BCUT2D eigenvalue weighted by atomic mass is 16.7. The number of rotatable bonds is 5. The van der Waals surface area contributed by atoms with Gasteiger partial charge in [0.15, 0.2) is 17.8 Å². The molecule has 0 atom stereocenters. The first-order chi connectivity index (χ1) is 8.83. The summed E-state index contributed by atoms with van der Waals surface area (Å²) >= 11 is 0. The quantitative estimate of drug-likeness (QED) is 0.475. The Hall–Kier alpha value is -1.79. The minimum absolute atomic E-state index is 0.318. The van der Waals surface area contributed by atoms with E-state index in [1.807, 2.05) is 6.07 Å². The highest BCUT2D eigenvalue weighted by Gasteiger charge is 2.17. The van der Waals surface area contributed by atoms with E-state index >= 15 is 0 Å². The van der Waals surface area contributed by atoms with E-state index < -0.39 is 0 Å². The molecule has 1 aromatic rings. The van der Waals surface area contributed by atoms with Gasteiger partial charge in [-0.2, -0.15) is 5.10 Å². The van der Waals surface area contributed by atoms with Crippen LogP contribution in [0.2, 0.25) is 0 Å². The maximum atomic E-state index is 5.62. The molecule has 1 heterocycles. The lowest BCUT2D eigenvalue weighted by molar-refractivity contribution is -0.0687. The first kappa shape index (κ1) is 12.7. The highest BCUT2D eigenvalue weighted by Crippen LogP contribution is 2.28. The number of methoxy groups -OCH3 is 1. The molecule has 0 aromatic heterocycles. The molecule has 0 unspecified atom stereocenters. The molecule has 1 saturated heterocycles. The summed E-state index contributed by atoms with van der Waals surface area (Å²) in [4.78, 5) is 0. The minimum atomic E-state index is -0.318. The summed E-state index contributed by atoms with van der Waals surface area (Å²) in [5, 5.41) is 3.47. The van der Waals surface area contributed by atoms with Crippen molar-refractivity contribution < 1.29 is 18.9 Å². The van der Waals surface area contributed by atoms with Crippen LogP contribution >= 0.6 is 0 Å². The van der Waals surface area contributed by atoms with Crippen molar-refractivity contribution in [3.8, 4) is 11.5 Å². The van der Waals surface area contributed by atoms with E-state index in [9.17, 15) is 0 Å². The second-order valence-corrected chi connectivity index (χ2v) is 3.67. The fourth-order valence-electron chi connectivity index (χ4n) is 1.63. The van der Waals surface area contributed by atoms with E-state index in [-0.39, 0.29) is 6.29 Å². The van der Waals surface area contributed by atoms with E-state index in [1.54, 1.807) is 19.2 Å². The third-order valence-electron chi connectivity index (χ3n) is 2.48. The van der Waals surface area contributed by atoms with E-state index in [4.69, 9.17) is 24.8 Å². The monoisotopic (exact) mass is 252 g/mol. The van der Waals surface area contributed by atoms with Crippen LogP contribution in [-0.2, 0) is 9.47 Å². The van der Waals surface area contributed by atoms with Gasteiger partial charge in [0.05, 0.1) is 26.5 Å². The normalized spacial score (nSPS) is 16.3. The maximum absolute atomic E-state index is 5.62. The van der Waals surface area contributed by atoms with Crippen molar-refractivity contribution in [2.75, 3.05) is 26.9 Å². The Bertz CT molecular complexity index is 417. The average Bonchev–Trinajstić information content (AvgIpc) is 2.90. The number of ether oxygens (including phenoxy) is 4. The van der Waals surface area contributed by atoms with Crippen molar-refractivity contribution in [3.05, 3.63) is 23.8 Å². The molecular weight excluding hydrogens is 236 g/mol. The topological polar surface area (TPSA) is 75.3 Å². The number of benzene rings is 1. The van der Waals surface area contributed by atoms with Crippen molar-refractivity contribution in [1.82, 2.24) is 0 Å². The lowest BCUT2D eigenvalue weighted by Crippen LogP contribution is -2.18. The largest absolute Gasteiger partial charge is 0.493 e. The van der Waals surface area contributed by atoms with Crippen LogP contribution in [-0.4, -0.2) is 39.4 Å². The smallest absolute Gasteiger partial charge is 0.191 e. The summed E-state index contributed by atoms with van der Waals surface area (Å²) in [6, 6.07) is 5.43. The zero-order valence-electron chi connectivity index (χ0n) is 10.2. The lowest BCUT2D eigenvalue weighted by Gasteiger charge is -2.14. The Morgan fingerprint density at radius 2 is 2.17 bits per heavy atom. The van der Waals surface area contributed by atoms with E-state index in [0.717, 1.165) is 5.56 Å². The molecule has 18 heavy (non-hydrogen) atoms. The van der Waals surface area contributed by atoms with Gasteiger partial charge in [-0.25, -0.2) is 0 Å². The predicted octanol–water partition coefficient (Wildman–Crippen LogP) is 0.739. The molecule has 0 amide bonds. The van der Waals surface area contributed by atoms with Crippen LogP contribution in [0, 0.1) is 0 Å². The van der Waals surface area contributed by atoms with Gasteiger partial charge in [-0.1, -0.05) is 0 Å². The first-order valence-corrected chi connectivity index (χ1v) is 5.61. The van der Waals surface area contributed by atoms with E-state index in [0.29, 0.717) is 31.3 Å². The van der Waals surface area contributed by atoms with Gasteiger partial charge in [0.25, 0.3) is 0 Å². The Morgan fingerprint density at radius 1 is 1.39 bits per heavy atom. The zero-order valence-corrected chi connectivity index (χ0v) is 10.2. The Kier molecular flexibility index (Phi) is 4.38. The summed E-state index contributed by atoms with van der Waals surface area (Å²) < 4.78 is 21.4. The molecule has 1 aliphatic rings. The molecule has 1 fully saturated rings. The predicted molar refractivity (Wildman–Crippen MR) is 66.0 cm³/mol. The zero-order chi connectivity index (χ0) is 12.8. The van der Waals surface area contributed by atoms with Gasteiger partial charge in [-0.15, -0.1) is 0 Å². The molecule has 1 aromatic carbocycles. The number of hydrazone groups is 1. The minimum Gasteiger partial charge on any atom is -0.493 e. The number of nitrogens with zero attached hydrogens (tertiary/aromatic N) is 1. The summed E-state index contributed by atoms with van der Waals surface area (Å²) in [6.45, 7) is 1.52. The number of hydrogen-bond donors (Lipinski definition) is 1. The van der Waals surface area contributed by atoms with Crippen LogP contribution in [0.3, 0.4) is 0 Å². The summed E-state index contributed by atoms with van der Waals surface area (Å²) in [7, 11) is 1.58. The molecule has 98 valence electrons. The molecule has 0 radical (unpaired) electrons. The third-order valence-corrected chi connectivity index (χ3v) is 2.48. The Morgan fingerprint density at radius 3 is 2.83 bits per heavy atom. The Balaban J connectivity index is 2.05. The van der Waals surface area contributed by atoms with Crippen LogP contribution in [0.25, 0.3) is 0 Å². The van der Waals surface area contributed by atoms with Crippen molar-refractivity contribution >= 4 is 6.21 Å².